The first kappa shape index (κ1) is 10.7. The minimum Gasteiger partial charge on any atom is -0.383 e. The van der Waals surface area contributed by atoms with Crippen LogP contribution < -0.4 is 0 Å². The third-order valence-corrected chi connectivity index (χ3v) is 2.42. The minimum absolute atomic E-state index is 0.300. The summed E-state index contributed by atoms with van der Waals surface area (Å²) in [5.41, 5.74) is -0.0484. The maximum absolute atomic E-state index is 9.94. The van der Waals surface area contributed by atoms with Gasteiger partial charge in [-0.2, -0.15) is 0 Å². The van der Waals surface area contributed by atoms with Crippen LogP contribution in [0.15, 0.2) is 28.7 Å². The quantitative estimate of drug-likeness (QED) is 0.885. The Kier molecular flexibility index (Phi) is 3.47. The third kappa shape index (κ3) is 2.79. The zero-order valence-electron chi connectivity index (χ0n) is 7.75. The van der Waals surface area contributed by atoms with Crippen molar-refractivity contribution in [2.75, 3.05) is 13.7 Å². The summed E-state index contributed by atoms with van der Waals surface area (Å²) in [5.74, 6) is 0. The molecule has 1 unspecified atom stereocenters. The number of hydrogen-bond acceptors (Lipinski definition) is 2. The molecule has 1 atom stereocenters. The van der Waals surface area contributed by atoms with Gasteiger partial charge in [0.2, 0.25) is 0 Å². The summed E-state index contributed by atoms with van der Waals surface area (Å²) in [6, 6.07) is 7.56. The van der Waals surface area contributed by atoms with Crippen LogP contribution in [0.4, 0.5) is 0 Å². The molecule has 0 aliphatic heterocycles. The molecule has 0 radical (unpaired) electrons. The molecular formula is C10H13BrO2. The number of aliphatic hydroxyl groups is 1. The van der Waals surface area contributed by atoms with Crippen LogP contribution in [0.25, 0.3) is 0 Å². The molecule has 13 heavy (non-hydrogen) atoms. The summed E-state index contributed by atoms with van der Waals surface area (Å²) in [6.45, 7) is 2.04. The second-order valence-corrected chi connectivity index (χ2v) is 4.13. The van der Waals surface area contributed by atoms with Gasteiger partial charge in [-0.15, -0.1) is 0 Å². The SMILES string of the molecule is COCC(C)(O)c1ccc(Br)cc1. The standard InChI is InChI=1S/C10H13BrO2/c1-10(12,7-13-2)8-3-5-9(11)6-4-8/h3-6,12H,7H2,1-2H3. The Bertz CT molecular complexity index is 267. The van der Waals surface area contributed by atoms with Crippen molar-refractivity contribution in [1.82, 2.24) is 0 Å². The summed E-state index contributed by atoms with van der Waals surface area (Å²) in [7, 11) is 1.58. The lowest BCUT2D eigenvalue weighted by Crippen LogP contribution is -2.26. The third-order valence-electron chi connectivity index (χ3n) is 1.89. The van der Waals surface area contributed by atoms with Crippen molar-refractivity contribution in [2.24, 2.45) is 0 Å². The van der Waals surface area contributed by atoms with Crippen LogP contribution >= 0.6 is 15.9 Å². The lowest BCUT2D eigenvalue weighted by atomic mass is 9.97. The van der Waals surface area contributed by atoms with E-state index in [4.69, 9.17) is 4.74 Å². The van der Waals surface area contributed by atoms with Gasteiger partial charge in [-0.1, -0.05) is 28.1 Å². The Balaban J connectivity index is 2.87. The summed E-state index contributed by atoms with van der Waals surface area (Å²) in [5, 5.41) is 9.94. The van der Waals surface area contributed by atoms with E-state index in [-0.39, 0.29) is 0 Å². The summed E-state index contributed by atoms with van der Waals surface area (Å²) >= 11 is 3.34. The fourth-order valence-electron chi connectivity index (χ4n) is 1.17. The second-order valence-electron chi connectivity index (χ2n) is 3.21. The first-order valence-corrected chi connectivity index (χ1v) is 4.83. The second kappa shape index (κ2) is 4.22. The molecule has 0 aliphatic rings. The molecule has 2 nitrogen and oxygen atoms in total. The van der Waals surface area contributed by atoms with E-state index in [2.05, 4.69) is 15.9 Å². The van der Waals surface area contributed by atoms with Crippen molar-refractivity contribution in [3.05, 3.63) is 34.3 Å². The van der Waals surface area contributed by atoms with Crippen molar-refractivity contribution in [3.8, 4) is 0 Å². The monoisotopic (exact) mass is 244 g/mol. The highest BCUT2D eigenvalue weighted by atomic mass is 79.9. The Hall–Kier alpha value is -0.380. The van der Waals surface area contributed by atoms with Crippen molar-refractivity contribution >= 4 is 15.9 Å². The molecule has 0 saturated carbocycles. The molecule has 0 heterocycles. The predicted octanol–water partition coefficient (Wildman–Crippen LogP) is 2.30. The van der Waals surface area contributed by atoms with Crippen LogP contribution in [0.3, 0.4) is 0 Å². The Morgan fingerprint density at radius 3 is 2.38 bits per heavy atom. The average molecular weight is 245 g/mol. The fourth-order valence-corrected chi connectivity index (χ4v) is 1.44. The van der Waals surface area contributed by atoms with Crippen LogP contribution in [0.1, 0.15) is 12.5 Å². The van der Waals surface area contributed by atoms with E-state index in [0.717, 1.165) is 10.0 Å². The van der Waals surface area contributed by atoms with E-state index in [0.29, 0.717) is 6.61 Å². The molecule has 1 aromatic rings. The molecule has 0 amide bonds. The van der Waals surface area contributed by atoms with Crippen molar-refractivity contribution < 1.29 is 9.84 Å². The summed E-state index contributed by atoms with van der Waals surface area (Å²) < 4.78 is 5.93. The first-order chi connectivity index (χ1) is 6.06. The lowest BCUT2D eigenvalue weighted by Gasteiger charge is -2.22. The maximum atomic E-state index is 9.94. The smallest absolute Gasteiger partial charge is 0.110 e. The number of hydrogen-bond donors (Lipinski definition) is 1. The molecule has 0 saturated heterocycles. The van der Waals surface area contributed by atoms with Crippen LogP contribution in [-0.2, 0) is 10.3 Å². The topological polar surface area (TPSA) is 29.5 Å². The van der Waals surface area contributed by atoms with Gasteiger partial charge in [-0.25, -0.2) is 0 Å². The summed E-state index contributed by atoms with van der Waals surface area (Å²) in [6.07, 6.45) is 0. The largest absolute Gasteiger partial charge is 0.383 e. The molecule has 3 heteroatoms. The van der Waals surface area contributed by atoms with Gasteiger partial charge in [0.1, 0.15) is 5.60 Å². The number of methoxy groups -OCH3 is 1. The number of rotatable bonds is 3. The molecule has 1 rings (SSSR count). The highest BCUT2D eigenvalue weighted by Gasteiger charge is 2.22. The molecule has 0 spiro atoms. The number of benzene rings is 1. The molecule has 1 N–H and O–H groups in total. The van der Waals surface area contributed by atoms with Gasteiger partial charge < -0.3 is 9.84 Å². The van der Waals surface area contributed by atoms with Gasteiger partial charge in [0.15, 0.2) is 0 Å². The van der Waals surface area contributed by atoms with Gasteiger partial charge in [0.05, 0.1) is 6.61 Å². The van der Waals surface area contributed by atoms with E-state index in [9.17, 15) is 5.11 Å². The van der Waals surface area contributed by atoms with Gasteiger partial charge >= 0.3 is 0 Å². The van der Waals surface area contributed by atoms with Crippen LogP contribution in [-0.4, -0.2) is 18.8 Å². The van der Waals surface area contributed by atoms with Gasteiger partial charge in [0.25, 0.3) is 0 Å². The molecule has 72 valence electrons. The van der Waals surface area contributed by atoms with Crippen molar-refractivity contribution in [1.29, 1.82) is 0 Å². The highest BCUT2D eigenvalue weighted by molar-refractivity contribution is 9.10. The van der Waals surface area contributed by atoms with E-state index in [1.807, 2.05) is 24.3 Å². The zero-order valence-corrected chi connectivity index (χ0v) is 9.34. The van der Waals surface area contributed by atoms with Gasteiger partial charge in [-0.3, -0.25) is 0 Å². The zero-order chi connectivity index (χ0) is 9.90. The molecule has 0 aromatic heterocycles. The fraction of sp³-hybridized carbons (Fsp3) is 0.400. The molecular weight excluding hydrogens is 232 g/mol. The van der Waals surface area contributed by atoms with Crippen LogP contribution in [0, 0.1) is 0 Å². The lowest BCUT2D eigenvalue weighted by molar-refractivity contribution is -0.0208. The normalized spacial score (nSPS) is 15.4. The molecule has 0 aliphatic carbocycles. The molecule has 1 aromatic carbocycles. The van der Waals surface area contributed by atoms with Gasteiger partial charge in [-0.05, 0) is 24.6 Å². The van der Waals surface area contributed by atoms with Gasteiger partial charge in [0, 0.05) is 11.6 Å². The van der Waals surface area contributed by atoms with Crippen molar-refractivity contribution in [3.63, 3.8) is 0 Å². The van der Waals surface area contributed by atoms with Crippen LogP contribution in [0.5, 0.6) is 0 Å². The minimum atomic E-state index is -0.907. The number of ether oxygens (including phenoxy) is 1. The van der Waals surface area contributed by atoms with E-state index < -0.39 is 5.60 Å². The van der Waals surface area contributed by atoms with Crippen LogP contribution in [0.2, 0.25) is 0 Å². The Morgan fingerprint density at radius 1 is 1.38 bits per heavy atom. The highest BCUT2D eigenvalue weighted by Crippen LogP contribution is 2.22. The molecule has 0 bridgehead atoms. The van der Waals surface area contributed by atoms with Crippen molar-refractivity contribution in [2.45, 2.75) is 12.5 Å². The first-order valence-electron chi connectivity index (χ1n) is 4.03. The Morgan fingerprint density at radius 2 is 1.92 bits per heavy atom. The predicted molar refractivity (Wildman–Crippen MR) is 55.6 cm³/mol. The van der Waals surface area contributed by atoms with E-state index in [1.54, 1.807) is 14.0 Å². The van der Waals surface area contributed by atoms with E-state index >= 15 is 0 Å². The number of halogens is 1. The Labute approximate surface area is 86.7 Å². The molecule has 0 fully saturated rings. The average Bonchev–Trinajstić information content (AvgIpc) is 2.05. The van der Waals surface area contributed by atoms with E-state index in [1.165, 1.54) is 0 Å². The maximum Gasteiger partial charge on any atom is 0.110 e. The summed E-state index contributed by atoms with van der Waals surface area (Å²) in [4.78, 5) is 0.